The van der Waals surface area contributed by atoms with Gasteiger partial charge in [-0.05, 0) is 28.1 Å². The van der Waals surface area contributed by atoms with E-state index in [1.807, 2.05) is 6.07 Å². The van der Waals surface area contributed by atoms with Crippen molar-refractivity contribution in [1.82, 2.24) is 4.98 Å². The van der Waals surface area contributed by atoms with Crippen molar-refractivity contribution in [2.45, 2.75) is 0 Å². The van der Waals surface area contributed by atoms with Gasteiger partial charge in [0.05, 0.1) is 4.47 Å². The summed E-state index contributed by atoms with van der Waals surface area (Å²) in [6, 6.07) is 6.13. The minimum Gasteiger partial charge on any atom is -0.384 e. The number of aromatic nitrogens is 1. The molecule has 0 atom stereocenters. The van der Waals surface area contributed by atoms with Crippen LogP contribution in [0, 0.1) is 28.5 Å². The smallest absolute Gasteiger partial charge is 0.268 e. The second-order valence-electron chi connectivity index (χ2n) is 3.96. The highest BCUT2D eigenvalue weighted by molar-refractivity contribution is 9.11. The lowest BCUT2D eigenvalue weighted by Gasteiger charge is -2.11. The molecule has 0 fully saturated rings. The molecular formula is C13H5Br2FN4O. The summed E-state index contributed by atoms with van der Waals surface area (Å²) in [7, 11) is 0. The number of nitriles is 2. The van der Waals surface area contributed by atoms with Crippen molar-refractivity contribution in [3.63, 3.8) is 0 Å². The SMILES string of the molecule is N#Cc1c(N)[nH]c(=O)c(C#N)c1-c1cc(Br)c(F)cc1Br. The second kappa shape index (κ2) is 5.68. The van der Waals surface area contributed by atoms with E-state index in [0.29, 0.717) is 10.0 Å². The number of hydrogen-bond donors (Lipinski definition) is 2. The quantitative estimate of drug-likeness (QED) is 0.703. The van der Waals surface area contributed by atoms with Gasteiger partial charge in [0.2, 0.25) is 0 Å². The molecule has 2 rings (SSSR count). The number of pyridine rings is 1. The molecule has 0 amide bonds. The Kier molecular flexibility index (Phi) is 4.12. The van der Waals surface area contributed by atoms with Crippen LogP contribution in [-0.4, -0.2) is 4.98 Å². The first-order valence-corrected chi connectivity index (χ1v) is 7.00. The van der Waals surface area contributed by atoms with Crippen molar-refractivity contribution < 1.29 is 4.39 Å². The van der Waals surface area contributed by atoms with E-state index in [2.05, 4.69) is 36.8 Å². The Labute approximate surface area is 135 Å². The molecule has 0 bridgehead atoms. The fourth-order valence-electron chi connectivity index (χ4n) is 1.83. The number of H-pyrrole nitrogens is 1. The molecule has 104 valence electrons. The molecule has 1 heterocycles. The van der Waals surface area contributed by atoms with Crippen LogP contribution in [0.3, 0.4) is 0 Å². The predicted octanol–water partition coefficient (Wildman–Crippen LogP) is 3.03. The molecule has 0 saturated heterocycles. The molecule has 0 radical (unpaired) electrons. The Balaban J connectivity index is 3.00. The number of nitrogens with zero attached hydrogens (tertiary/aromatic N) is 2. The standard InChI is InChI=1S/C13H5Br2FN4O/c14-8-2-10(16)9(15)1-5(8)11-6(3-17)12(19)20-13(21)7(11)4-18/h1-2H,(H3,19,20,21). The van der Waals surface area contributed by atoms with Crippen molar-refractivity contribution in [3.05, 3.63) is 48.4 Å². The Bertz CT molecular complexity index is 893. The molecule has 0 aliphatic carbocycles. The van der Waals surface area contributed by atoms with Crippen molar-refractivity contribution >= 4 is 37.7 Å². The maximum atomic E-state index is 13.5. The normalized spacial score (nSPS) is 9.95. The average molecular weight is 412 g/mol. The monoisotopic (exact) mass is 410 g/mol. The summed E-state index contributed by atoms with van der Waals surface area (Å²) in [6.07, 6.45) is 0. The Hall–Kier alpha value is -2.16. The summed E-state index contributed by atoms with van der Waals surface area (Å²) < 4.78 is 13.9. The number of hydrogen-bond acceptors (Lipinski definition) is 4. The van der Waals surface area contributed by atoms with Gasteiger partial charge in [-0.25, -0.2) is 4.39 Å². The van der Waals surface area contributed by atoms with Crippen LogP contribution in [0.5, 0.6) is 0 Å². The fourth-order valence-corrected chi connectivity index (χ4v) is 2.68. The van der Waals surface area contributed by atoms with Crippen LogP contribution in [0.1, 0.15) is 11.1 Å². The summed E-state index contributed by atoms with van der Waals surface area (Å²) in [4.78, 5) is 14.1. The molecule has 0 aliphatic rings. The fraction of sp³-hybridized carbons (Fsp3) is 0. The molecule has 2 aromatic rings. The molecule has 0 spiro atoms. The van der Waals surface area contributed by atoms with E-state index in [0.717, 1.165) is 0 Å². The lowest BCUT2D eigenvalue weighted by molar-refractivity contribution is 0.620. The first-order chi connectivity index (χ1) is 9.90. The number of nitrogens with two attached hydrogens (primary N) is 1. The van der Waals surface area contributed by atoms with Crippen LogP contribution in [0.25, 0.3) is 11.1 Å². The van der Waals surface area contributed by atoms with Crippen molar-refractivity contribution in [3.8, 4) is 23.3 Å². The van der Waals surface area contributed by atoms with Gasteiger partial charge in [0.1, 0.15) is 34.9 Å². The number of halogens is 3. The predicted molar refractivity (Wildman–Crippen MR) is 81.7 cm³/mol. The van der Waals surface area contributed by atoms with E-state index in [9.17, 15) is 14.4 Å². The Morgan fingerprint density at radius 2 is 1.76 bits per heavy atom. The summed E-state index contributed by atoms with van der Waals surface area (Å²) >= 11 is 6.19. The maximum Gasteiger partial charge on any atom is 0.268 e. The summed E-state index contributed by atoms with van der Waals surface area (Å²) in [5, 5.41) is 18.4. The Morgan fingerprint density at radius 3 is 2.33 bits per heavy atom. The van der Waals surface area contributed by atoms with E-state index < -0.39 is 11.4 Å². The molecule has 21 heavy (non-hydrogen) atoms. The maximum absolute atomic E-state index is 13.5. The third-order valence-electron chi connectivity index (χ3n) is 2.75. The highest BCUT2D eigenvalue weighted by Crippen LogP contribution is 2.36. The largest absolute Gasteiger partial charge is 0.384 e. The number of nitrogens with one attached hydrogen (secondary N) is 1. The van der Waals surface area contributed by atoms with E-state index in [-0.39, 0.29) is 27.0 Å². The lowest BCUT2D eigenvalue weighted by atomic mass is 9.97. The number of aromatic amines is 1. The van der Waals surface area contributed by atoms with Gasteiger partial charge in [-0.2, -0.15) is 10.5 Å². The van der Waals surface area contributed by atoms with Gasteiger partial charge in [-0.3, -0.25) is 4.79 Å². The highest BCUT2D eigenvalue weighted by Gasteiger charge is 2.21. The van der Waals surface area contributed by atoms with Gasteiger partial charge in [0.25, 0.3) is 5.56 Å². The van der Waals surface area contributed by atoms with Gasteiger partial charge in [0.15, 0.2) is 0 Å². The summed E-state index contributed by atoms with van der Waals surface area (Å²) in [6.45, 7) is 0. The van der Waals surface area contributed by atoms with Crippen molar-refractivity contribution in [1.29, 1.82) is 10.5 Å². The Morgan fingerprint density at radius 1 is 1.14 bits per heavy atom. The molecule has 5 nitrogen and oxygen atoms in total. The third-order valence-corrected chi connectivity index (χ3v) is 4.01. The average Bonchev–Trinajstić information content (AvgIpc) is 2.42. The topological polar surface area (TPSA) is 106 Å². The van der Waals surface area contributed by atoms with E-state index >= 15 is 0 Å². The second-order valence-corrected chi connectivity index (χ2v) is 5.67. The van der Waals surface area contributed by atoms with E-state index in [1.165, 1.54) is 12.1 Å². The number of benzene rings is 1. The van der Waals surface area contributed by atoms with Gasteiger partial charge in [-0.1, -0.05) is 15.9 Å². The lowest BCUT2D eigenvalue weighted by Crippen LogP contribution is -2.16. The molecule has 1 aromatic carbocycles. The van der Waals surface area contributed by atoms with Crippen LogP contribution < -0.4 is 11.3 Å². The van der Waals surface area contributed by atoms with Crippen LogP contribution in [0.15, 0.2) is 25.9 Å². The van der Waals surface area contributed by atoms with Gasteiger partial charge < -0.3 is 10.7 Å². The van der Waals surface area contributed by atoms with Gasteiger partial charge >= 0.3 is 0 Å². The highest BCUT2D eigenvalue weighted by atomic mass is 79.9. The van der Waals surface area contributed by atoms with E-state index in [4.69, 9.17) is 11.0 Å². The molecule has 0 aliphatic heterocycles. The summed E-state index contributed by atoms with van der Waals surface area (Å²) in [5.74, 6) is -0.677. The minimum absolute atomic E-state index is 0.0506. The van der Waals surface area contributed by atoms with Gasteiger partial charge in [0, 0.05) is 15.6 Å². The van der Waals surface area contributed by atoms with Crippen molar-refractivity contribution in [2.75, 3.05) is 5.73 Å². The van der Waals surface area contributed by atoms with Gasteiger partial charge in [-0.15, -0.1) is 0 Å². The molecule has 1 aromatic heterocycles. The zero-order valence-corrected chi connectivity index (χ0v) is 13.3. The number of nitrogen functional groups attached to an aromatic ring is 1. The zero-order valence-electron chi connectivity index (χ0n) is 10.2. The van der Waals surface area contributed by atoms with E-state index in [1.54, 1.807) is 6.07 Å². The zero-order chi connectivity index (χ0) is 15.7. The van der Waals surface area contributed by atoms with Crippen molar-refractivity contribution in [2.24, 2.45) is 0 Å². The van der Waals surface area contributed by atoms with Crippen LogP contribution in [0.4, 0.5) is 10.2 Å². The van der Waals surface area contributed by atoms with Crippen LogP contribution >= 0.6 is 31.9 Å². The first kappa shape index (κ1) is 15.2. The third kappa shape index (κ3) is 2.56. The molecular weight excluding hydrogens is 407 g/mol. The molecule has 3 N–H and O–H groups in total. The number of anilines is 1. The first-order valence-electron chi connectivity index (χ1n) is 5.41. The molecule has 0 unspecified atom stereocenters. The van der Waals surface area contributed by atoms with Crippen LogP contribution in [0.2, 0.25) is 0 Å². The van der Waals surface area contributed by atoms with Crippen LogP contribution in [-0.2, 0) is 0 Å². The summed E-state index contributed by atoms with van der Waals surface area (Å²) in [5.41, 5.74) is 4.97. The number of rotatable bonds is 1. The minimum atomic E-state index is -0.712. The molecule has 8 heteroatoms. The molecule has 0 saturated carbocycles.